The molecule has 1 fully saturated rings. The van der Waals surface area contributed by atoms with E-state index in [1.165, 1.54) is 16.2 Å². The van der Waals surface area contributed by atoms with Gasteiger partial charge in [0.1, 0.15) is 11.8 Å². The molecule has 1 aromatic carbocycles. The molecule has 1 saturated heterocycles. The Morgan fingerprint density at radius 3 is 2.55 bits per heavy atom. The number of aliphatic hydroxyl groups is 1. The molecule has 1 atom stereocenters. The Morgan fingerprint density at radius 2 is 1.93 bits per heavy atom. The quantitative estimate of drug-likeness (QED) is 0.338. The molecule has 5 nitrogen and oxygen atoms in total. The summed E-state index contributed by atoms with van der Waals surface area (Å²) in [6.45, 7) is 2.12. The summed E-state index contributed by atoms with van der Waals surface area (Å²) < 4.78 is 0.857. The van der Waals surface area contributed by atoms with Crippen LogP contribution in [0.3, 0.4) is 0 Å². The minimum absolute atomic E-state index is 0.110. The number of ketones is 1. The van der Waals surface area contributed by atoms with Gasteiger partial charge in [-0.05, 0) is 48.2 Å². The third kappa shape index (κ3) is 3.63. The number of carbonyl (C=O) groups excluding carboxylic acids is 2. The molecular formula is C22H17BrN2O3S. The van der Waals surface area contributed by atoms with E-state index in [0.29, 0.717) is 11.3 Å². The summed E-state index contributed by atoms with van der Waals surface area (Å²) >= 11 is 4.83. The first-order valence-electron chi connectivity index (χ1n) is 8.95. The van der Waals surface area contributed by atoms with Gasteiger partial charge in [0.15, 0.2) is 0 Å². The number of benzene rings is 1. The molecule has 1 aliphatic heterocycles. The van der Waals surface area contributed by atoms with Gasteiger partial charge < -0.3 is 10.0 Å². The van der Waals surface area contributed by atoms with Crippen molar-refractivity contribution in [1.29, 1.82) is 0 Å². The Morgan fingerprint density at radius 1 is 1.17 bits per heavy atom. The van der Waals surface area contributed by atoms with Crippen LogP contribution in [-0.2, 0) is 16.1 Å². The molecule has 1 amide bonds. The summed E-state index contributed by atoms with van der Waals surface area (Å²) in [5, 5.41) is 12.9. The second-order valence-electron chi connectivity index (χ2n) is 6.72. The molecule has 0 saturated carbocycles. The average molecular weight is 469 g/mol. The molecule has 1 unspecified atom stereocenters. The van der Waals surface area contributed by atoms with Crippen LogP contribution in [0, 0.1) is 6.92 Å². The van der Waals surface area contributed by atoms with Gasteiger partial charge in [0.05, 0.1) is 17.8 Å². The topological polar surface area (TPSA) is 70.5 Å². The summed E-state index contributed by atoms with van der Waals surface area (Å²) in [4.78, 5) is 32.5. The molecule has 2 aromatic heterocycles. The standard InChI is InChI=1S/C22H17BrN2O3S/c1-13-9-11-29-21(13)18-17(19(26)14-5-7-15(23)8-6-14)20(27)22(28)25(18)12-16-4-2-3-10-24-16/h2-11,18,26H,12H2,1H3/b19-17-. The van der Waals surface area contributed by atoms with Crippen LogP contribution in [0.25, 0.3) is 5.76 Å². The van der Waals surface area contributed by atoms with E-state index in [1.807, 2.05) is 30.5 Å². The summed E-state index contributed by atoms with van der Waals surface area (Å²) in [6.07, 6.45) is 1.65. The molecule has 146 valence electrons. The number of carbonyl (C=O) groups is 2. The number of hydrogen-bond acceptors (Lipinski definition) is 5. The predicted molar refractivity (Wildman–Crippen MR) is 115 cm³/mol. The van der Waals surface area contributed by atoms with Gasteiger partial charge in [-0.25, -0.2) is 0 Å². The normalized spacial score (nSPS) is 18.4. The summed E-state index contributed by atoms with van der Waals surface area (Å²) in [7, 11) is 0. The molecule has 0 radical (unpaired) electrons. The maximum atomic E-state index is 13.0. The second-order valence-corrected chi connectivity index (χ2v) is 8.59. The van der Waals surface area contributed by atoms with Crippen LogP contribution >= 0.6 is 27.3 Å². The van der Waals surface area contributed by atoms with Crippen molar-refractivity contribution < 1.29 is 14.7 Å². The highest BCUT2D eigenvalue weighted by Gasteiger charge is 2.47. The Kier molecular flexibility index (Phi) is 5.34. The fourth-order valence-electron chi connectivity index (χ4n) is 3.41. The van der Waals surface area contributed by atoms with Gasteiger partial charge in [0, 0.05) is 21.1 Å². The highest BCUT2D eigenvalue weighted by Crippen LogP contribution is 2.43. The number of nitrogens with zero attached hydrogens (tertiary/aromatic N) is 2. The number of hydrogen-bond donors (Lipinski definition) is 1. The Labute approximate surface area is 180 Å². The maximum Gasteiger partial charge on any atom is 0.296 e. The van der Waals surface area contributed by atoms with Gasteiger partial charge in [0.2, 0.25) is 0 Å². The minimum atomic E-state index is -0.681. The number of rotatable bonds is 4. The van der Waals surface area contributed by atoms with Gasteiger partial charge in [-0.2, -0.15) is 0 Å². The van der Waals surface area contributed by atoms with E-state index < -0.39 is 17.7 Å². The van der Waals surface area contributed by atoms with Crippen molar-refractivity contribution in [2.75, 3.05) is 0 Å². The van der Waals surface area contributed by atoms with E-state index in [1.54, 1.807) is 36.5 Å². The smallest absolute Gasteiger partial charge is 0.296 e. The number of aryl methyl sites for hydroxylation is 1. The van der Waals surface area contributed by atoms with Gasteiger partial charge in [0.25, 0.3) is 11.7 Å². The van der Waals surface area contributed by atoms with Crippen molar-refractivity contribution in [3.63, 3.8) is 0 Å². The number of amides is 1. The average Bonchev–Trinajstić information content (AvgIpc) is 3.25. The zero-order chi connectivity index (χ0) is 20.5. The summed E-state index contributed by atoms with van der Waals surface area (Å²) in [6, 6.07) is 13.7. The first-order valence-corrected chi connectivity index (χ1v) is 10.6. The van der Waals surface area contributed by atoms with E-state index in [-0.39, 0.29) is 17.9 Å². The first-order chi connectivity index (χ1) is 14.0. The summed E-state index contributed by atoms with van der Waals surface area (Å²) in [5.41, 5.74) is 2.24. The molecule has 0 bridgehead atoms. The fourth-order valence-corrected chi connectivity index (χ4v) is 4.72. The first kappa shape index (κ1) is 19.5. The zero-order valence-corrected chi connectivity index (χ0v) is 17.9. The van der Waals surface area contributed by atoms with Crippen LogP contribution in [0.4, 0.5) is 0 Å². The van der Waals surface area contributed by atoms with Crippen LogP contribution in [0.15, 0.2) is 70.2 Å². The fraction of sp³-hybridized carbons (Fsp3) is 0.136. The van der Waals surface area contributed by atoms with Crippen LogP contribution in [0.5, 0.6) is 0 Å². The van der Waals surface area contributed by atoms with Gasteiger partial charge >= 0.3 is 0 Å². The largest absolute Gasteiger partial charge is 0.507 e. The number of aliphatic hydroxyl groups excluding tert-OH is 1. The van der Waals surface area contributed by atoms with Gasteiger partial charge in [-0.3, -0.25) is 14.6 Å². The van der Waals surface area contributed by atoms with Crippen molar-refractivity contribution in [3.05, 3.63) is 91.9 Å². The molecular weight excluding hydrogens is 452 g/mol. The highest BCUT2D eigenvalue weighted by molar-refractivity contribution is 9.10. The number of likely N-dealkylation sites (tertiary alicyclic amines) is 1. The van der Waals surface area contributed by atoms with Crippen molar-refractivity contribution in [3.8, 4) is 0 Å². The van der Waals surface area contributed by atoms with E-state index in [0.717, 1.165) is 14.9 Å². The highest BCUT2D eigenvalue weighted by atomic mass is 79.9. The van der Waals surface area contributed by atoms with Crippen molar-refractivity contribution in [1.82, 2.24) is 9.88 Å². The molecule has 3 aromatic rings. The predicted octanol–water partition coefficient (Wildman–Crippen LogP) is 4.84. The number of pyridine rings is 1. The van der Waals surface area contributed by atoms with E-state index in [9.17, 15) is 14.7 Å². The van der Waals surface area contributed by atoms with E-state index >= 15 is 0 Å². The Bertz CT molecular complexity index is 1110. The van der Waals surface area contributed by atoms with Crippen LogP contribution in [0.1, 0.15) is 27.7 Å². The number of aromatic nitrogens is 1. The third-order valence-corrected chi connectivity index (χ3v) is 6.47. The van der Waals surface area contributed by atoms with Crippen LogP contribution < -0.4 is 0 Å². The van der Waals surface area contributed by atoms with Crippen LogP contribution in [-0.4, -0.2) is 26.7 Å². The van der Waals surface area contributed by atoms with Gasteiger partial charge in [-0.15, -0.1) is 11.3 Å². The van der Waals surface area contributed by atoms with E-state index in [4.69, 9.17) is 0 Å². The second kappa shape index (κ2) is 7.93. The summed E-state index contributed by atoms with van der Waals surface area (Å²) in [5.74, 6) is -1.48. The molecule has 3 heterocycles. The number of halogens is 1. The van der Waals surface area contributed by atoms with Crippen molar-refractivity contribution in [2.24, 2.45) is 0 Å². The molecule has 0 aliphatic carbocycles. The Hall–Kier alpha value is -2.77. The Balaban J connectivity index is 1.86. The van der Waals surface area contributed by atoms with Crippen molar-refractivity contribution >= 4 is 44.7 Å². The van der Waals surface area contributed by atoms with E-state index in [2.05, 4.69) is 20.9 Å². The zero-order valence-electron chi connectivity index (χ0n) is 15.5. The molecule has 1 N–H and O–H groups in total. The molecule has 29 heavy (non-hydrogen) atoms. The monoisotopic (exact) mass is 468 g/mol. The lowest BCUT2D eigenvalue weighted by molar-refractivity contribution is -0.140. The van der Waals surface area contributed by atoms with Crippen molar-refractivity contribution in [2.45, 2.75) is 19.5 Å². The van der Waals surface area contributed by atoms with Crippen LogP contribution in [0.2, 0.25) is 0 Å². The lowest BCUT2D eigenvalue weighted by Crippen LogP contribution is -2.29. The molecule has 1 aliphatic rings. The van der Waals surface area contributed by atoms with Gasteiger partial charge in [-0.1, -0.05) is 34.1 Å². The molecule has 7 heteroatoms. The third-order valence-electron chi connectivity index (χ3n) is 4.87. The maximum absolute atomic E-state index is 13.0. The number of thiophene rings is 1. The lowest BCUT2D eigenvalue weighted by atomic mass is 9.98. The SMILES string of the molecule is Cc1ccsc1C1/C(=C(/O)c2ccc(Br)cc2)C(=O)C(=O)N1Cc1ccccn1. The lowest BCUT2D eigenvalue weighted by Gasteiger charge is -2.24. The minimum Gasteiger partial charge on any atom is -0.507 e. The number of Topliss-reactive ketones (excluding diaryl/α,β-unsaturated/α-hetero) is 1. The molecule has 4 rings (SSSR count). The molecule has 0 spiro atoms.